The van der Waals surface area contributed by atoms with E-state index in [1.807, 2.05) is 11.4 Å². The number of anilines is 1. The van der Waals surface area contributed by atoms with Crippen LogP contribution in [0.4, 0.5) is 6.01 Å². The molecule has 0 aliphatic carbocycles. The second kappa shape index (κ2) is 5.47. The van der Waals surface area contributed by atoms with Crippen molar-refractivity contribution in [2.75, 3.05) is 4.72 Å². The van der Waals surface area contributed by atoms with Gasteiger partial charge in [0.25, 0.3) is 15.9 Å². The van der Waals surface area contributed by atoms with Crippen LogP contribution in [-0.2, 0) is 10.0 Å². The maximum atomic E-state index is 12.2. The van der Waals surface area contributed by atoms with Crippen LogP contribution < -0.4 is 4.72 Å². The SMILES string of the molecule is O=S(=O)(Nc1nnc(-c2cccs2)o1)c1cccc(Cl)c1. The van der Waals surface area contributed by atoms with Gasteiger partial charge in [0, 0.05) is 5.02 Å². The smallest absolute Gasteiger partial charge is 0.330 e. The van der Waals surface area contributed by atoms with E-state index in [9.17, 15) is 8.42 Å². The first-order valence-corrected chi connectivity index (χ1v) is 8.44. The Kier molecular flexibility index (Phi) is 3.66. The summed E-state index contributed by atoms with van der Waals surface area (Å²) in [6.45, 7) is 0. The third-order valence-electron chi connectivity index (χ3n) is 2.49. The highest BCUT2D eigenvalue weighted by Crippen LogP contribution is 2.25. The minimum atomic E-state index is -3.82. The minimum Gasteiger partial charge on any atom is -0.402 e. The van der Waals surface area contributed by atoms with Gasteiger partial charge in [0.15, 0.2) is 0 Å². The highest BCUT2D eigenvalue weighted by molar-refractivity contribution is 7.92. The van der Waals surface area contributed by atoms with E-state index in [0.29, 0.717) is 5.02 Å². The van der Waals surface area contributed by atoms with Gasteiger partial charge in [0.2, 0.25) is 0 Å². The first-order chi connectivity index (χ1) is 10.0. The molecule has 0 aliphatic rings. The van der Waals surface area contributed by atoms with Gasteiger partial charge in [-0.25, -0.2) is 13.1 Å². The van der Waals surface area contributed by atoms with Crippen molar-refractivity contribution < 1.29 is 12.8 Å². The molecule has 0 amide bonds. The quantitative estimate of drug-likeness (QED) is 0.787. The number of hydrogen-bond donors (Lipinski definition) is 1. The van der Waals surface area contributed by atoms with Gasteiger partial charge in [-0.05, 0) is 29.6 Å². The maximum Gasteiger partial charge on any atom is 0.330 e. The molecule has 0 aliphatic heterocycles. The van der Waals surface area contributed by atoms with Crippen molar-refractivity contribution in [3.8, 4) is 10.8 Å². The van der Waals surface area contributed by atoms with Crippen molar-refractivity contribution in [3.63, 3.8) is 0 Å². The Labute approximate surface area is 129 Å². The van der Waals surface area contributed by atoms with Gasteiger partial charge in [-0.15, -0.1) is 16.4 Å². The standard InChI is InChI=1S/C12H8ClN3O3S2/c13-8-3-1-4-9(7-8)21(17,18)16-12-15-14-11(19-12)10-5-2-6-20-10/h1-7H,(H,15,16). The largest absolute Gasteiger partial charge is 0.402 e. The van der Waals surface area contributed by atoms with Crippen LogP contribution in [0.5, 0.6) is 0 Å². The number of thiophene rings is 1. The van der Waals surface area contributed by atoms with E-state index < -0.39 is 10.0 Å². The Morgan fingerprint density at radius 1 is 1.19 bits per heavy atom. The highest BCUT2D eigenvalue weighted by Gasteiger charge is 2.18. The van der Waals surface area contributed by atoms with Crippen molar-refractivity contribution in [1.82, 2.24) is 10.2 Å². The zero-order valence-corrected chi connectivity index (χ0v) is 12.7. The molecule has 3 aromatic rings. The first kappa shape index (κ1) is 14.1. The fourth-order valence-corrected chi connectivity index (χ4v) is 3.44. The Morgan fingerprint density at radius 3 is 2.76 bits per heavy atom. The van der Waals surface area contributed by atoms with Gasteiger partial charge >= 0.3 is 6.01 Å². The number of aromatic nitrogens is 2. The van der Waals surface area contributed by atoms with Crippen molar-refractivity contribution in [3.05, 3.63) is 46.8 Å². The molecule has 1 aromatic carbocycles. The summed E-state index contributed by atoms with van der Waals surface area (Å²) in [5.41, 5.74) is 0. The number of sulfonamides is 1. The summed E-state index contributed by atoms with van der Waals surface area (Å²) in [6, 6.07) is 9.32. The van der Waals surface area contributed by atoms with Crippen LogP contribution in [0.2, 0.25) is 5.02 Å². The van der Waals surface area contributed by atoms with Gasteiger partial charge in [-0.2, -0.15) is 0 Å². The number of nitrogens with zero attached hydrogens (tertiary/aromatic N) is 2. The molecule has 2 heterocycles. The molecule has 0 bridgehead atoms. The lowest BCUT2D eigenvalue weighted by molar-refractivity contribution is 0.578. The predicted molar refractivity (Wildman–Crippen MR) is 79.9 cm³/mol. The highest BCUT2D eigenvalue weighted by atomic mass is 35.5. The molecule has 108 valence electrons. The Morgan fingerprint density at radius 2 is 2.05 bits per heavy atom. The van der Waals surface area contributed by atoms with Crippen LogP contribution in [-0.4, -0.2) is 18.6 Å². The fourth-order valence-electron chi connectivity index (χ4n) is 1.57. The molecule has 2 aromatic heterocycles. The Hall–Kier alpha value is -1.90. The molecule has 0 unspecified atom stereocenters. The van der Waals surface area contributed by atoms with Crippen LogP contribution in [0, 0.1) is 0 Å². The number of nitrogens with one attached hydrogen (secondary N) is 1. The van der Waals surface area contributed by atoms with Crippen molar-refractivity contribution in [2.24, 2.45) is 0 Å². The summed E-state index contributed by atoms with van der Waals surface area (Å²) in [5, 5.41) is 9.65. The molecular weight excluding hydrogens is 334 g/mol. The summed E-state index contributed by atoms with van der Waals surface area (Å²) in [7, 11) is -3.82. The van der Waals surface area contributed by atoms with Crippen molar-refractivity contribution in [2.45, 2.75) is 4.90 Å². The van der Waals surface area contributed by atoms with Crippen LogP contribution in [0.3, 0.4) is 0 Å². The van der Waals surface area contributed by atoms with Crippen molar-refractivity contribution >= 4 is 39.0 Å². The number of rotatable bonds is 4. The summed E-state index contributed by atoms with van der Waals surface area (Å²) in [5.74, 6) is 0.258. The second-order valence-corrected chi connectivity index (χ2v) is 7.02. The van der Waals surface area contributed by atoms with Crippen molar-refractivity contribution in [1.29, 1.82) is 0 Å². The van der Waals surface area contributed by atoms with Gasteiger partial charge in [-0.1, -0.05) is 28.8 Å². The van der Waals surface area contributed by atoms with Crippen LogP contribution in [0.25, 0.3) is 10.8 Å². The van der Waals surface area contributed by atoms with E-state index in [2.05, 4.69) is 14.9 Å². The van der Waals surface area contributed by atoms with E-state index in [1.54, 1.807) is 18.2 Å². The van der Waals surface area contributed by atoms with Gasteiger partial charge in [-0.3, -0.25) is 0 Å². The fraction of sp³-hybridized carbons (Fsp3) is 0. The normalized spacial score (nSPS) is 11.5. The van der Waals surface area contributed by atoms with E-state index >= 15 is 0 Å². The van der Waals surface area contributed by atoms with Gasteiger partial charge in [0.05, 0.1) is 9.77 Å². The van der Waals surface area contributed by atoms with Crippen LogP contribution >= 0.6 is 22.9 Å². The number of benzene rings is 1. The molecule has 21 heavy (non-hydrogen) atoms. The predicted octanol–water partition coefficient (Wildman–Crippen LogP) is 3.25. The zero-order valence-electron chi connectivity index (χ0n) is 10.4. The van der Waals surface area contributed by atoms with Crippen LogP contribution in [0.1, 0.15) is 0 Å². The monoisotopic (exact) mass is 341 g/mol. The molecule has 0 saturated heterocycles. The lowest BCUT2D eigenvalue weighted by Crippen LogP contribution is -2.13. The minimum absolute atomic E-state index is 0.0193. The molecule has 0 fully saturated rings. The summed E-state index contributed by atoms with van der Waals surface area (Å²) >= 11 is 7.20. The third kappa shape index (κ3) is 3.07. The van der Waals surface area contributed by atoms with E-state index in [0.717, 1.165) is 4.88 Å². The molecule has 1 N–H and O–H groups in total. The average Bonchev–Trinajstić information content (AvgIpc) is 3.08. The number of halogens is 1. The molecule has 0 atom stereocenters. The van der Waals surface area contributed by atoms with Crippen LogP contribution in [0.15, 0.2) is 51.1 Å². The molecule has 3 rings (SSSR count). The Balaban J connectivity index is 1.86. The molecular formula is C12H8ClN3O3S2. The zero-order chi connectivity index (χ0) is 14.9. The second-order valence-electron chi connectivity index (χ2n) is 3.95. The summed E-state index contributed by atoms with van der Waals surface area (Å²) in [4.78, 5) is 0.779. The third-order valence-corrected chi connectivity index (χ3v) is 4.90. The molecule has 0 radical (unpaired) electrons. The Bertz CT molecular complexity index is 860. The lowest BCUT2D eigenvalue weighted by Gasteiger charge is -2.03. The van der Waals surface area contributed by atoms with E-state index in [1.165, 1.54) is 23.5 Å². The summed E-state index contributed by atoms with van der Waals surface area (Å²) in [6.07, 6.45) is 0. The molecule has 9 heteroatoms. The maximum absolute atomic E-state index is 12.2. The lowest BCUT2D eigenvalue weighted by atomic mass is 10.4. The van der Waals surface area contributed by atoms with E-state index in [-0.39, 0.29) is 16.8 Å². The van der Waals surface area contributed by atoms with Gasteiger partial charge in [0.1, 0.15) is 0 Å². The summed E-state index contributed by atoms with van der Waals surface area (Å²) < 4.78 is 31.8. The molecule has 0 saturated carbocycles. The van der Waals surface area contributed by atoms with Gasteiger partial charge < -0.3 is 4.42 Å². The van der Waals surface area contributed by atoms with E-state index in [4.69, 9.17) is 16.0 Å². The molecule has 0 spiro atoms. The number of hydrogen-bond acceptors (Lipinski definition) is 6. The topological polar surface area (TPSA) is 85.1 Å². The first-order valence-electron chi connectivity index (χ1n) is 5.70. The molecule has 6 nitrogen and oxygen atoms in total. The average molecular weight is 342 g/mol.